The van der Waals surface area contributed by atoms with Crippen LogP contribution >= 0.6 is 0 Å². The molecule has 0 unspecified atom stereocenters. The van der Waals surface area contributed by atoms with E-state index in [2.05, 4.69) is 6.07 Å². The van der Waals surface area contributed by atoms with Crippen molar-refractivity contribution in [3.63, 3.8) is 0 Å². The summed E-state index contributed by atoms with van der Waals surface area (Å²) in [6, 6.07) is 6.35. The maximum absolute atomic E-state index is 12.3. The molecule has 0 aromatic heterocycles. The van der Waals surface area contributed by atoms with E-state index in [0.29, 0.717) is 12.0 Å². The first kappa shape index (κ1) is 13.1. The van der Waals surface area contributed by atoms with E-state index >= 15 is 0 Å². The van der Waals surface area contributed by atoms with Gasteiger partial charge < -0.3 is 10.6 Å². The minimum atomic E-state index is 0.113. The third-order valence-electron chi connectivity index (χ3n) is 3.62. The molecule has 0 atom stereocenters. The molecule has 1 amide bonds. The average Bonchev–Trinajstić information content (AvgIpc) is 2.24. The molecule has 2 N–H and O–H groups in total. The number of rotatable bonds is 3. The molecule has 1 aliphatic rings. The van der Waals surface area contributed by atoms with Crippen molar-refractivity contribution in [2.45, 2.75) is 32.7 Å². The highest BCUT2D eigenvalue weighted by Crippen LogP contribution is 2.26. The Morgan fingerprint density at radius 3 is 2.33 bits per heavy atom. The van der Waals surface area contributed by atoms with Gasteiger partial charge in [0.1, 0.15) is 0 Å². The normalized spacial score (nSPS) is 22.4. The Bertz CT molecular complexity index is 430. The first-order valence-electron chi connectivity index (χ1n) is 6.55. The van der Waals surface area contributed by atoms with Crippen LogP contribution in [0.5, 0.6) is 0 Å². The minimum absolute atomic E-state index is 0.113. The largest absolute Gasteiger partial charge is 0.341 e. The Hall–Kier alpha value is -1.35. The summed E-state index contributed by atoms with van der Waals surface area (Å²) in [5.41, 5.74) is 8.83. The Morgan fingerprint density at radius 2 is 1.83 bits per heavy atom. The highest BCUT2D eigenvalue weighted by atomic mass is 16.2. The quantitative estimate of drug-likeness (QED) is 0.888. The second-order valence-corrected chi connectivity index (χ2v) is 5.66. The van der Waals surface area contributed by atoms with Crippen LogP contribution in [0.4, 0.5) is 0 Å². The number of amides is 1. The second kappa shape index (κ2) is 5.11. The molecule has 1 fully saturated rings. The van der Waals surface area contributed by atoms with Crippen LogP contribution in [-0.2, 0) is 0 Å². The molecule has 0 saturated heterocycles. The number of benzene rings is 1. The molecule has 3 nitrogen and oxygen atoms in total. The number of aryl methyl sites for hydroxylation is 2. The van der Waals surface area contributed by atoms with Gasteiger partial charge in [0, 0.05) is 25.2 Å². The van der Waals surface area contributed by atoms with Crippen LogP contribution in [0.1, 0.15) is 34.3 Å². The summed E-state index contributed by atoms with van der Waals surface area (Å²) >= 11 is 0. The van der Waals surface area contributed by atoms with Gasteiger partial charge in [-0.15, -0.1) is 0 Å². The number of hydrogen-bond donors (Lipinski definition) is 1. The predicted octanol–water partition coefficient (Wildman–Crippen LogP) is 2.11. The van der Waals surface area contributed by atoms with Gasteiger partial charge in [-0.25, -0.2) is 0 Å². The molecular formula is C15H22N2O. The lowest BCUT2D eigenvalue weighted by atomic mass is 9.80. The number of nitrogens with zero attached hydrogens (tertiary/aromatic N) is 1. The molecule has 1 saturated carbocycles. The molecule has 98 valence electrons. The third kappa shape index (κ3) is 2.91. The van der Waals surface area contributed by atoms with Crippen LogP contribution in [0.2, 0.25) is 0 Å². The van der Waals surface area contributed by atoms with Gasteiger partial charge in [-0.05, 0) is 44.7 Å². The van der Waals surface area contributed by atoms with Crippen LogP contribution in [0.15, 0.2) is 18.2 Å². The molecule has 0 bridgehead atoms. The van der Waals surface area contributed by atoms with E-state index in [1.54, 1.807) is 0 Å². The fraction of sp³-hybridized carbons (Fsp3) is 0.533. The van der Waals surface area contributed by atoms with E-state index in [1.165, 1.54) is 0 Å². The Labute approximate surface area is 109 Å². The van der Waals surface area contributed by atoms with Crippen molar-refractivity contribution in [2.75, 3.05) is 13.6 Å². The van der Waals surface area contributed by atoms with Crippen molar-refractivity contribution in [1.82, 2.24) is 4.90 Å². The summed E-state index contributed by atoms with van der Waals surface area (Å²) in [4.78, 5) is 14.1. The first-order valence-corrected chi connectivity index (χ1v) is 6.55. The zero-order valence-electron chi connectivity index (χ0n) is 11.4. The van der Waals surface area contributed by atoms with Gasteiger partial charge in [0.15, 0.2) is 0 Å². The van der Waals surface area contributed by atoms with Gasteiger partial charge >= 0.3 is 0 Å². The Kier molecular flexibility index (Phi) is 3.71. The standard InChI is InChI=1S/C15H22N2O/c1-10-4-11(2)6-13(5-10)15(18)17(3)9-12-7-14(16)8-12/h4-6,12,14H,7-9,16H2,1-3H3. The van der Waals surface area contributed by atoms with Crippen molar-refractivity contribution >= 4 is 5.91 Å². The summed E-state index contributed by atoms with van der Waals surface area (Å²) in [5, 5.41) is 0. The summed E-state index contributed by atoms with van der Waals surface area (Å²) in [7, 11) is 1.88. The third-order valence-corrected chi connectivity index (χ3v) is 3.62. The maximum atomic E-state index is 12.3. The van der Waals surface area contributed by atoms with Crippen molar-refractivity contribution in [2.24, 2.45) is 11.7 Å². The van der Waals surface area contributed by atoms with E-state index < -0.39 is 0 Å². The Balaban J connectivity index is 2.01. The lowest BCUT2D eigenvalue weighted by Gasteiger charge is -2.35. The number of hydrogen-bond acceptors (Lipinski definition) is 2. The minimum Gasteiger partial charge on any atom is -0.341 e. The van der Waals surface area contributed by atoms with E-state index in [4.69, 9.17) is 5.73 Å². The van der Waals surface area contributed by atoms with Crippen LogP contribution in [-0.4, -0.2) is 30.4 Å². The monoisotopic (exact) mass is 246 g/mol. The second-order valence-electron chi connectivity index (χ2n) is 5.66. The van der Waals surface area contributed by atoms with Crippen LogP contribution in [0, 0.1) is 19.8 Å². The molecule has 0 heterocycles. The van der Waals surface area contributed by atoms with Gasteiger partial charge in [-0.1, -0.05) is 17.2 Å². The number of nitrogens with two attached hydrogens (primary N) is 1. The average molecular weight is 246 g/mol. The molecule has 18 heavy (non-hydrogen) atoms. The lowest BCUT2D eigenvalue weighted by molar-refractivity contribution is 0.0734. The molecule has 1 aromatic rings. The highest BCUT2D eigenvalue weighted by molar-refractivity contribution is 5.94. The zero-order chi connectivity index (χ0) is 13.3. The summed E-state index contributed by atoms with van der Waals surface area (Å²) in [5.74, 6) is 0.696. The summed E-state index contributed by atoms with van der Waals surface area (Å²) < 4.78 is 0. The van der Waals surface area contributed by atoms with Gasteiger partial charge in [0.25, 0.3) is 5.91 Å². The van der Waals surface area contributed by atoms with E-state index in [0.717, 1.165) is 36.1 Å². The van der Waals surface area contributed by atoms with Gasteiger partial charge in [0.05, 0.1) is 0 Å². The smallest absolute Gasteiger partial charge is 0.253 e. The topological polar surface area (TPSA) is 46.3 Å². The van der Waals surface area contributed by atoms with E-state index in [-0.39, 0.29) is 5.91 Å². The SMILES string of the molecule is Cc1cc(C)cc(C(=O)N(C)CC2CC(N)C2)c1. The molecular weight excluding hydrogens is 224 g/mol. The summed E-state index contributed by atoms with van der Waals surface area (Å²) in [6.07, 6.45) is 2.09. The molecule has 0 spiro atoms. The first-order chi connectivity index (χ1) is 8.45. The predicted molar refractivity (Wildman–Crippen MR) is 73.6 cm³/mol. The molecule has 1 aliphatic carbocycles. The van der Waals surface area contributed by atoms with E-state index in [9.17, 15) is 4.79 Å². The molecule has 2 rings (SSSR count). The molecule has 0 radical (unpaired) electrons. The van der Waals surface area contributed by atoms with Crippen molar-refractivity contribution in [1.29, 1.82) is 0 Å². The lowest BCUT2D eigenvalue weighted by Crippen LogP contribution is -2.43. The number of carbonyl (C=O) groups is 1. The van der Waals surface area contributed by atoms with Crippen LogP contribution in [0.3, 0.4) is 0 Å². The van der Waals surface area contributed by atoms with Gasteiger partial charge in [-0.2, -0.15) is 0 Å². The van der Waals surface area contributed by atoms with Crippen LogP contribution in [0.25, 0.3) is 0 Å². The zero-order valence-corrected chi connectivity index (χ0v) is 11.4. The molecule has 1 aromatic carbocycles. The maximum Gasteiger partial charge on any atom is 0.253 e. The van der Waals surface area contributed by atoms with Gasteiger partial charge in [-0.3, -0.25) is 4.79 Å². The highest BCUT2D eigenvalue weighted by Gasteiger charge is 2.28. The Morgan fingerprint density at radius 1 is 1.28 bits per heavy atom. The fourth-order valence-corrected chi connectivity index (χ4v) is 2.73. The van der Waals surface area contributed by atoms with E-state index in [1.807, 2.05) is 37.9 Å². The summed E-state index contributed by atoms with van der Waals surface area (Å²) in [6.45, 7) is 4.86. The van der Waals surface area contributed by atoms with Crippen molar-refractivity contribution in [3.05, 3.63) is 34.9 Å². The number of carbonyl (C=O) groups excluding carboxylic acids is 1. The van der Waals surface area contributed by atoms with Crippen molar-refractivity contribution < 1.29 is 4.79 Å². The van der Waals surface area contributed by atoms with Crippen molar-refractivity contribution in [3.8, 4) is 0 Å². The fourth-order valence-electron chi connectivity index (χ4n) is 2.73. The molecule has 3 heteroatoms. The molecule has 0 aliphatic heterocycles. The van der Waals surface area contributed by atoms with Gasteiger partial charge in [0.2, 0.25) is 0 Å². The van der Waals surface area contributed by atoms with Crippen LogP contribution < -0.4 is 5.73 Å².